The van der Waals surface area contributed by atoms with Gasteiger partial charge in [-0.2, -0.15) is 0 Å². The molecule has 0 aliphatic heterocycles. The molecule has 5 nitrogen and oxygen atoms in total. The number of rotatable bonds is 3. The quantitative estimate of drug-likeness (QED) is 0.685. The first-order chi connectivity index (χ1) is 8.20. The van der Waals surface area contributed by atoms with Crippen LogP contribution in [0, 0.1) is 3.57 Å². The van der Waals surface area contributed by atoms with Crippen LogP contribution in [0.1, 0.15) is 0 Å². The lowest BCUT2D eigenvalue weighted by atomic mass is 10.3. The molecule has 1 heterocycles. The molecule has 2 rings (SSSR count). The molecule has 88 valence electrons. The van der Waals surface area contributed by atoms with E-state index >= 15 is 0 Å². The van der Waals surface area contributed by atoms with Gasteiger partial charge in [-0.3, -0.25) is 0 Å². The van der Waals surface area contributed by atoms with Gasteiger partial charge in [-0.1, -0.05) is 0 Å². The van der Waals surface area contributed by atoms with Crippen LogP contribution >= 0.6 is 22.6 Å². The van der Waals surface area contributed by atoms with Crippen LogP contribution in [0.5, 0.6) is 17.4 Å². The second-order valence-electron chi connectivity index (χ2n) is 3.18. The Morgan fingerprint density at radius 1 is 1.35 bits per heavy atom. The van der Waals surface area contributed by atoms with Gasteiger partial charge in [0, 0.05) is 12.3 Å². The fourth-order valence-corrected chi connectivity index (χ4v) is 1.62. The zero-order valence-corrected chi connectivity index (χ0v) is 11.2. The van der Waals surface area contributed by atoms with E-state index in [0.717, 1.165) is 3.57 Å². The maximum atomic E-state index is 5.82. The number of anilines is 1. The molecule has 0 atom stereocenters. The Morgan fingerprint density at radius 2 is 2.18 bits per heavy atom. The van der Waals surface area contributed by atoms with E-state index < -0.39 is 0 Å². The van der Waals surface area contributed by atoms with Gasteiger partial charge in [0.2, 0.25) is 5.88 Å². The topological polar surface area (TPSA) is 70.3 Å². The molecular weight excluding hydrogens is 333 g/mol. The predicted molar refractivity (Wildman–Crippen MR) is 72.2 cm³/mol. The van der Waals surface area contributed by atoms with Crippen molar-refractivity contribution in [3.8, 4) is 17.4 Å². The molecule has 17 heavy (non-hydrogen) atoms. The van der Waals surface area contributed by atoms with Crippen LogP contribution in [0.2, 0.25) is 0 Å². The molecule has 2 aromatic rings. The highest BCUT2D eigenvalue weighted by molar-refractivity contribution is 14.1. The third-order valence-corrected chi connectivity index (χ3v) is 2.80. The first-order valence-corrected chi connectivity index (χ1v) is 5.85. The second kappa shape index (κ2) is 5.17. The first-order valence-electron chi connectivity index (χ1n) is 4.77. The van der Waals surface area contributed by atoms with E-state index in [1.54, 1.807) is 31.5 Å². The number of halogens is 1. The molecule has 2 N–H and O–H groups in total. The molecule has 0 aliphatic rings. The monoisotopic (exact) mass is 343 g/mol. The third-order valence-electron chi connectivity index (χ3n) is 2.06. The summed E-state index contributed by atoms with van der Waals surface area (Å²) in [6.07, 6.45) is 3.09. The summed E-state index contributed by atoms with van der Waals surface area (Å²) < 4.78 is 11.5. The van der Waals surface area contributed by atoms with Crippen molar-refractivity contribution in [2.24, 2.45) is 0 Å². The standard InChI is InChI=1S/C11H10IN3O2/c1-16-7-2-3-9(13)10(4-7)17-11-8(12)5-14-6-15-11/h2-6H,13H2,1H3. The molecule has 1 aromatic carbocycles. The lowest BCUT2D eigenvalue weighted by molar-refractivity contribution is 0.407. The molecular formula is C11H10IN3O2. The van der Waals surface area contributed by atoms with Crippen molar-refractivity contribution in [2.75, 3.05) is 12.8 Å². The van der Waals surface area contributed by atoms with E-state index in [2.05, 4.69) is 32.6 Å². The maximum absolute atomic E-state index is 5.82. The van der Waals surface area contributed by atoms with Gasteiger partial charge in [0.1, 0.15) is 12.1 Å². The Balaban J connectivity index is 2.32. The number of aromatic nitrogens is 2. The lowest BCUT2D eigenvalue weighted by Crippen LogP contribution is -1.96. The van der Waals surface area contributed by atoms with Gasteiger partial charge in [-0.15, -0.1) is 0 Å². The van der Waals surface area contributed by atoms with Crippen LogP contribution < -0.4 is 15.2 Å². The SMILES string of the molecule is COc1ccc(N)c(Oc2ncncc2I)c1. The van der Waals surface area contributed by atoms with Crippen molar-refractivity contribution in [1.29, 1.82) is 0 Å². The van der Waals surface area contributed by atoms with E-state index in [-0.39, 0.29) is 0 Å². The molecule has 6 heteroatoms. The van der Waals surface area contributed by atoms with E-state index in [4.69, 9.17) is 15.2 Å². The van der Waals surface area contributed by atoms with E-state index in [9.17, 15) is 0 Å². The van der Waals surface area contributed by atoms with Gasteiger partial charge in [0.15, 0.2) is 5.75 Å². The van der Waals surface area contributed by atoms with Gasteiger partial charge in [0.05, 0.1) is 16.4 Å². The van der Waals surface area contributed by atoms with Gasteiger partial charge in [0.25, 0.3) is 0 Å². The maximum Gasteiger partial charge on any atom is 0.235 e. The van der Waals surface area contributed by atoms with Gasteiger partial charge in [-0.05, 0) is 34.7 Å². The first kappa shape index (κ1) is 11.9. The fraction of sp³-hybridized carbons (Fsp3) is 0.0909. The van der Waals surface area contributed by atoms with Crippen molar-refractivity contribution in [2.45, 2.75) is 0 Å². The van der Waals surface area contributed by atoms with Crippen molar-refractivity contribution >= 4 is 28.3 Å². The van der Waals surface area contributed by atoms with E-state index in [1.165, 1.54) is 6.33 Å². The van der Waals surface area contributed by atoms with Crippen LogP contribution in [-0.2, 0) is 0 Å². The zero-order chi connectivity index (χ0) is 12.3. The van der Waals surface area contributed by atoms with Crippen molar-refractivity contribution in [3.63, 3.8) is 0 Å². The summed E-state index contributed by atoms with van der Waals surface area (Å²) in [5.74, 6) is 1.67. The summed E-state index contributed by atoms with van der Waals surface area (Å²) >= 11 is 2.09. The van der Waals surface area contributed by atoms with Gasteiger partial charge < -0.3 is 15.2 Å². The molecule has 0 fully saturated rings. The Labute approximate surface area is 112 Å². The molecule has 0 amide bonds. The lowest BCUT2D eigenvalue weighted by Gasteiger charge is -2.09. The Hall–Kier alpha value is -1.57. The number of methoxy groups -OCH3 is 1. The number of nitrogens with zero attached hydrogens (tertiary/aromatic N) is 2. The average Bonchev–Trinajstić information content (AvgIpc) is 2.35. The Kier molecular flexibility index (Phi) is 3.62. The van der Waals surface area contributed by atoms with Crippen molar-refractivity contribution in [3.05, 3.63) is 34.3 Å². The highest BCUT2D eigenvalue weighted by Gasteiger charge is 2.08. The molecule has 0 saturated carbocycles. The Morgan fingerprint density at radius 3 is 2.88 bits per heavy atom. The van der Waals surface area contributed by atoms with E-state index in [0.29, 0.717) is 23.1 Å². The smallest absolute Gasteiger partial charge is 0.235 e. The van der Waals surface area contributed by atoms with Crippen molar-refractivity contribution in [1.82, 2.24) is 9.97 Å². The number of hydrogen-bond donors (Lipinski definition) is 1. The number of nitrogen functional groups attached to an aromatic ring is 1. The summed E-state index contributed by atoms with van der Waals surface area (Å²) in [6.45, 7) is 0. The van der Waals surface area contributed by atoms with Crippen LogP contribution in [0.3, 0.4) is 0 Å². The normalized spacial score (nSPS) is 10.0. The number of nitrogens with two attached hydrogens (primary N) is 1. The minimum Gasteiger partial charge on any atom is -0.497 e. The number of hydrogen-bond acceptors (Lipinski definition) is 5. The van der Waals surface area contributed by atoms with Gasteiger partial charge in [-0.25, -0.2) is 9.97 Å². The summed E-state index contributed by atoms with van der Waals surface area (Å²) in [5.41, 5.74) is 6.34. The summed E-state index contributed by atoms with van der Waals surface area (Å²) in [6, 6.07) is 5.21. The molecule has 0 radical (unpaired) electrons. The average molecular weight is 343 g/mol. The van der Waals surface area contributed by atoms with Crippen LogP contribution in [0.15, 0.2) is 30.7 Å². The highest BCUT2D eigenvalue weighted by atomic mass is 127. The number of benzene rings is 1. The zero-order valence-electron chi connectivity index (χ0n) is 9.05. The molecule has 1 aromatic heterocycles. The van der Waals surface area contributed by atoms with Crippen LogP contribution in [0.25, 0.3) is 0 Å². The molecule has 0 bridgehead atoms. The predicted octanol–water partition coefficient (Wildman–Crippen LogP) is 2.46. The third kappa shape index (κ3) is 2.76. The Bertz CT molecular complexity index is 534. The van der Waals surface area contributed by atoms with Crippen LogP contribution in [0.4, 0.5) is 5.69 Å². The van der Waals surface area contributed by atoms with Crippen LogP contribution in [-0.4, -0.2) is 17.1 Å². The molecule has 0 spiro atoms. The minimum absolute atomic E-state index is 0.473. The minimum atomic E-state index is 0.473. The van der Waals surface area contributed by atoms with Crippen molar-refractivity contribution < 1.29 is 9.47 Å². The molecule has 0 unspecified atom stereocenters. The van der Waals surface area contributed by atoms with Gasteiger partial charge >= 0.3 is 0 Å². The highest BCUT2D eigenvalue weighted by Crippen LogP contribution is 2.31. The fourth-order valence-electron chi connectivity index (χ4n) is 1.21. The molecule has 0 aliphatic carbocycles. The summed E-state index contributed by atoms with van der Waals surface area (Å²) in [7, 11) is 1.59. The summed E-state index contributed by atoms with van der Waals surface area (Å²) in [5, 5.41) is 0. The number of ether oxygens (including phenoxy) is 2. The summed E-state index contributed by atoms with van der Waals surface area (Å²) in [4.78, 5) is 7.92. The molecule has 0 saturated heterocycles. The van der Waals surface area contributed by atoms with E-state index in [1.807, 2.05) is 0 Å². The second-order valence-corrected chi connectivity index (χ2v) is 4.34. The largest absolute Gasteiger partial charge is 0.497 e.